The highest BCUT2D eigenvalue weighted by Gasteiger charge is 2.37. The molecule has 0 spiro atoms. The summed E-state index contributed by atoms with van der Waals surface area (Å²) in [6.07, 6.45) is 3.31. The van der Waals surface area contributed by atoms with Gasteiger partial charge in [0.25, 0.3) is 5.91 Å². The molecule has 3 aromatic carbocycles. The van der Waals surface area contributed by atoms with Gasteiger partial charge in [0.15, 0.2) is 0 Å². The maximum Gasteiger partial charge on any atom is 0.275 e. The van der Waals surface area contributed by atoms with Gasteiger partial charge in [0, 0.05) is 58.4 Å². The van der Waals surface area contributed by atoms with Crippen molar-refractivity contribution in [2.24, 2.45) is 7.05 Å². The summed E-state index contributed by atoms with van der Waals surface area (Å²) >= 11 is 13.4. The summed E-state index contributed by atoms with van der Waals surface area (Å²) < 4.78 is 10.3. The lowest BCUT2D eigenvalue weighted by Crippen LogP contribution is -2.42. The minimum Gasteiger partial charge on any atom is -0.494 e. The maximum atomic E-state index is 14.7. The molecule has 0 saturated carbocycles. The minimum absolute atomic E-state index is 0.0139. The normalized spacial score (nSPS) is 14.9. The molecule has 7 nitrogen and oxygen atoms in total. The molecular weight excluding hydrogens is 617 g/mol. The van der Waals surface area contributed by atoms with E-state index in [0.717, 1.165) is 83.9 Å². The summed E-state index contributed by atoms with van der Waals surface area (Å²) in [5.74, 6) is 0.785. The Morgan fingerprint density at radius 1 is 1.02 bits per heavy atom. The van der Waals surface area contributed by atoms with Crippen molar-refractivity contribution in [1.82, 2.24) is 19.3 Å². The van der Waals surface area contributed by atoms with Gasteiger partial charge in [-0.25, -0.2) is 0 Å². The van der Waals surface area contributed by atoms with Crippen molar-refractivity contribution in [3.05, 3.63) is 98.5 Å². The fourth-order valence-electron chi connectivity index (χ4n) is 7.23. The molecule has 46 heavy (non-hydrogen) atoms. The number of aryl methyl sites for hydroxylation is 5. The number of carbonyl (C=O) groups is 1. The zero-order valence-electron chi connectivity index (χ0n) is 27.0. The first-order valence-corrected chi connectivity index (χ1v) is 16.5. The lowest BCUT2D eigenvalue weighted by molar-refractivity contribution is 0.0957. The molecule has 0 radical (unpaired) electrons. The number of benzene rings is 3. The van der Waals surface area contributed by atoms with E-state index < -0.39 is 0 Å². The van der Waals surface area contributed by atoms with Crippen LogP contribution in [-0.4, -0.2) is 38.4 Å². The number of H-pyrrole nitrogens is 1. The molecule has 3 aromatic heterocycles. The van der Waals surface area contributed by atoms with Gasteiger partial charge in [-0.1, -0.05) is 41.4 Å². The van der Waals surface area contributed by atoms with Crippen LogP contribution in [0.1, 0.15) is 58.0 Å². The quantitative estimate of drug-likeness (QED) is 0.175. The summed E-state index contributed by atoms with van der Waals surface area (Å²) in [4.78, 5) is 20.0. The average Bonchev–Trinajstić information content (AvgIpc) is 3.70. The summed E-state index contributed by atoms with van der Waals surface area (Å²) in [5, 5.41) is 8.24. The molecule has 7 rings (SSSR count). The van der Waals surface area contributed by atoms with Gasteiger partial charge >= 0.3 is 0 Å². The molecule has 1 N–H and O–H groups in total. The van der Waals surface area contributed by atoms with Gasteiger partial charge in [-0.2, -0.15) is 5.10 Å². The lowest BCUT2D eigenvalue weighted by atomic mass is 9.98. The Labute approximate surface area is 278 Å². The van der Waals surface area contributed by atoms with E-state index in [1.807, 2.05) is 80.0 Å². The maximum absolute atomic E-state index is 14.7. The van der Waals surface area contributed by atoms with Gasteiger partial charge in [-0.3, -0.25) is 9.48 Å². The minimum atomic E-state index is -0.0158. The Balaban J connectivity index is 1.36. The highest BCUT2D eigenvalue weighted by Crippen LogP contribution is 2.45. The van der Waals surface area contributed by atoms with E-state index >= 15 is 0 Å². The summed E-state index contributed by atoms with van der Waals surface area (Å²) in [7, 11) is 1.95. The summed E-state index contributed by atoms with van der Waals surface area (Å²) in [6.45, 7) is 11.3. The van der Waals surface area contributed by atoms with Crippen LogP contribution >= 0.6 is 23.2 Å². The number of rotatable bonds is 7. The number of aromatic nitrogens is 4. The van der Waals surface area contributed by atoms with Crippen LogP contribution in [0.15, 0.2) is 54.7 Å². The van der Waals surface area contributed by atoms with Crippen molar-refractivity contribution in [3.8, 4) is 16.9 Å². The molecule has 0 saturated heterocycles. The van der Waals surface area contributed by atoms with E-state index in [2.05, 4.69) is 35.5 Å². The van der Waals surface area contributed by atoms with Gasteiger partial charge in [-0.15, -0.1) is 0 Å². The lowest BCUT2D eigenvalue weighted by Gasteiger charge is -2.34. The third-order valence-electron chi connectivity index (χ3n) is 9.42. The predicted octanol–water partition coefficient (Wildman–Crippen LogP) is 9.30. The van der Waals surface area contributed by atoms with E-state index in [4.69, 9.17) is 33.0 Å². The molecular formula is C37H37Cl2N5O2. The number of hydrogen-bond acceptors (Lipinski definition) is 3. The molecule has 1 atom stereocenters. The number of halogens is 2. The van der Waals surface area contributed by atoms with Crippen LogP contribution in [0.2, 0.25) is 10.0 Å². The molecule has 1 aliphatic rings. The van der Waals surface area contributed by atoms with Crippen LogP contribution in [0.25, 0.3) is 32.9 Å². The van der Waals surface area contributed by atoms with Crippen molar-refractivity contribution in [2.45, 2.75) is 53.5 Å². The fraction of sp³-hybridized carbons (Fsp3) is 0.297. The number of anilines is 1. The second kappa shape index (κ2) is 11.6. The number of nitrogens with zero attached hydrogens (tertiary/aromatic N) is 4. The first-order valence-electron chi connectivity index (χ1n) is 15.7. The number of ether oxygens (including phenoxy) is 1. The number of para-hydroxylation sites is 1. The number of amides is 1. The molecule has 6 aromatic rings. The van der Waals surface area contributed by atoms with Crippen molar-refractivity contribution in [2.75, 3.05) is 18.1 Å². The highest BCUT2D eigenvalue weighted by atomic mass is 35.5. The topological polar surface area (TPSA) is 68.1 Å². The molecule has 1 amide bonds. The summed E-state index contributed by atoms with van der Waals surface area (Å²) in [6, 6.07) is 16.1. The molecule has 1 unspecified atom stereocenters. The number of hydrogen-bond donors (Lipinski definition) is 1. The van der Waals surface area contributed by atoms with Gasteiger partial charge in [0.2, 0.25) is 0 Å². The highest BCUT2D eigenvalue weighted by molar-refractivity contribution is 6.35. The number of nitrogens with one attached hydrogen (secondary N) is 1. The van der Waals surface area contributed by atoms with Crippen LogP contribution in [0.3, 0.4) is 0 Å². The SMILES string of the molecule is Cc1cc(OCCCc2c3n(c4c(-c5c(C)nn(C)c5C)c(Cl)ccc24)C(C)CN(c2cccc4cc[nH]c24)C3=O)cc(C)c1Cl. The number of fused-ring (bicyclic) bond motifs is 4. The van der Waals surface area contributed by atoms with E-state index in [0.29, 0.717) is 30.3 Å². The first kappa shape index (κ1) is 30.5. The monoisotopic (exact) mass is 653 g/mol. The average molecular weight is 655 g/mol. The van der Waals surface area contributed by atoms with Crippen LogP contribution in [-0.2, 0) is 13.5 Å². The van der Waals surface area contributed by atoms with Crippen molar-refractivity contribution >= 4 is 56.6 Å². The standard InChI is InChI=1S/C37H37Cl2N5O2/c1-20-17-26(18-21(2)33(20)39)46-16-8-10-27-28-12-13-29(38)32(31-23(4)41-42(6)24(31)5)35(28)44-22(3)19-43(37(45)36(27)44)30-11-7-9-25-14-15-40-34(25)30/h7,9,11-15,17-18,22,40H,8,10,16,19H2,1-6H3. The molecule has 9 heteroatoms. The molecule has 1 aliphatic heterocycles. The molecule has 0 bridgehead atoms. The second-order valence-electron chi connectivity index (χ2n) is 12.5. The van der Waals surface area contributed by atoms with E-state index in [1.54, 1.807) is 0 Å². The van der Waals surface area contributed by atoms with E-state index in [9.17, 15) is 4.79 Å². The van der Waals surface area contributed by atoms with E-state index in [-0.39, 0.29) is 11.9 Å². The molecule has 0 aliphatic carbocycles. The Morgan fingerprint density at radius 2 is 1.78 bits per heavy atom. The van der Waals surface area contributed by atoms with Crippen LogP contribution < -0.4 is 9.64 Å². The van der Waals surface area contributed by atoms with Crippen LogP contribution in [0.5, 0.6) is 5.75 Å². The van der Waals surface area contributed by atoms with Crippen molar-refractivity contribution < 1.29 is 9.53 Å². The largest absolute Gasteiger partial charge is 0.494 e. The van der Waals surface area contributed by atoms with Crippen LogP contribution in [0.4, 0.5) is 5.69 Å². The molecule has 0 fully saturated rings. The second-order valence-corrected chi connectivity index (χ2v) is 13.3. The smallest absolute Gasteiger partial charge is 0.275 e. The Hall–Kier alpha value is -4.20. The Bertz CT molecular complexity index is 2150. The zero-order valence-corrected chi connectivity index (χ0v) is 28.5. The molecule has 4 heterocycles. The van der Waals surface area contributed by atoms with E-state index in [1.165, 1.54) is 0 Å². The molecule has 236 valence electrons. The first-order chi connectivity index (χ1) is 22.1. The summed E-state index contributed by atoms with van der Waals surface area (Å²) in [5.41, 5.74) is 10.4. The zero-order chi connectivity index (χ0) is 32.4. The van der Waals surface area contributed by atoms with Gasteiger partial charge in [0.1, 0.15) is 11.4 Å². The predicted molar refractivity (Wildman–Crippen MR) is 188 cm³/mol. The van der Waals surface area contributed by atoms with Gasteiger partial charge in [0.05, 0.1) is 34.0 Å². The van der Waals surface area contributed by atoms with Gasteiger partial charge in [-0.05, 0) is 94.5 Å². The fourth-order valence-corrected chi connectivity index (χ4v) is 7.59. The van der Waals surface area contributed by atoms with Crippen molar-refractivity contribution in [1.29, 1.82) is 0 Å². The third kappa shape index (κ3) is 4.79. The Kier molecular flexibility index (Phi) is 7.65. The van der Waals surface area contributed by atoms with Gasteiger partial charge < -0.3 is 19.2 Å². The number of carbonyl (C=O) groups excluding carboxylic acids is 1. The van der Waals surface area contributed by atoms with Crippen LogP contribution in [0, 0.1) is 27.7 Å². The third-order valence-corrected chi connectivity index (χ3v) is 10.3. The number of aromatic amines is 1. The Morgan fingerprint density at radius 3 is 2.50 bits per heavy atom. The van der Waals surface area contributed by atoms with Crippen molar-refractivity contribution in [3.63, 3.8) is 0 Å².